The Morgan fingerprint density at radius 2 is 1.52 bits per heavy atom. The van der Waals surface area contributed by atoms with Crippen LogP contribution in [0.25, 0.3) is 10.8 Å². The summed E-state index contributed by atoms with van der Waals surface area (Å²) in [6.45, 7) is 9.49. The molecule has 112 valence electrons. The van der Waals surface area contributed by atoms with Crippen molar-refractivity contribution in [3.05, 3.63) is 42.0 Å². The lowest BCUT2D eigenvalue weighted by molar-refractivity contribution is 0.419. The summed E-state index contributed by atoms with van der Waals surface area (Å²) >= 11 is 3.99. The fraction of sp³-hybridized carbons (Fsp3) is 0.474. The van der Waals surface area contributed by atoms with Crippen LogP contribution in [-0.4, -0.2) is 7.11 Å². The van der Waals surface area contributed by atoms with Crippen LogP contribution in [-0.2, 0) is 0 Å². The van der Waals surface area contributed by atoms with Crippen LogP contribution in [0.15, 0.2) is 36.4 Å². The van der Waals surface area contributed by atoms with Crippen LogP contribution in [0, 0.1) is 16.7 Å². The average Bonchev–Trinajstić information content (AvgIpc) is 2.86. The summed E-state index contributed by atoms with van der Waals surface area (Å²) in [4.78, 5) is 0.373. The van der Waals surface area contributed by atoms with Crippen molar-refractivity contribution in [2.75, 3.05) is 7.11 Å². The van der Waals surface area contributed by atoms with E-state index in [2.05, 4.69) is 80.0 Å². The van der Waals surface area contributed by atoms with Gasteiger partial charge in [-0.05, 0) is 33.8 Å². The first-order valence-corrected chi connectivity index (χ1v) is 8.43. The third-order valence-electron chi connectivity index (χ3n) is 5.86. The number of halogens is 1. The van der Waals surface area contributed by atoms with Gasteiger partial charge >= 0.3 is 0 Å². The number of fused-ring (bicyclic) bond motifs is 1. The molecule has 1 aliphatic rings. The molecule has 1 nitrogen and oxygen atoms in total. The minimum atomic E-state index is 0.363. The second kappa shape index (κ2) is 4.74. The fourth-order valence-electron chi connectivity index (χ4n) is 3.87. The number of methoxy groups -OCH3 is 1. The van der Waals surface area contributed by atoms with E-state index in [1.54, 1.807) is 7.11 Å². The van der Waals surface area contributed by atoms with Crippen LogP contribution in [0.4, 0.5) is 0 Å². The molecule has 2 heteroatoms. The van der Waals surface area contributed by atoms with Gasteiger partial charge in [0.25, 0.3) is 0 Å². The molecule has 0 amide bonds. The quantitative estimate of drug-likeness (QED) is 0.622. The maximum absolute atomic E-state index is 5.50. The van der Waals surface area contributed by atoms with Gasteiger partial charge in [-0.2, -0.15) is 0 Å². The molecule has 0 heterocycles. The lowest BCUT2D eigenvalue weighted by Gasteiger charge is -2.17. The summed E-state index contributed by atoms with van der Waals surface area (Å²) in [5, 5.41) is 2.48. The zero-order valence-corrected chi connectivity index (χ0v) is 15.0. The highest BCUT2D eigenvalue weighted by molar-refractivity contribution is 9.09. The molecule has 21 heavy (non-hydrogen) atoms. The number of hydrogen-bond acceptors (Lipinski definition) is 1. The predicted molar refractivity (Wildman–Crippen MR) is 93.2 cm³/mol. The molecule has 0 bridgehead atoms. The monoisotopic (exact) mass is 346 g/mol. The van der Waals surface area contributed by atoms with E-state index in [1.807, 2.05) is 0 Å². The second-order valence-corrected chi connectivity index (χ2v) is 8.21. The van der Waals surface area contributed by atoms with Crippen LogP contribution in [0.2, 0.25) is 0 Å². The van der Waals surface area contributed by atoms with Crippen LogP contribution in [0.3, 0.4) is 0 Å². The highest BCUT2D eigenvalue weighted by Gasteiger charge is 2.66. The van der Waals surface area contributed by atoms with Crippen molar-refractivity contribution in [3.63, 3.8) is 0 Å². The lowest BCUT2D eigenvalue weighted by Crippen LogP contribution is -2.00. The van der Waals surface area contributed by atoms with Gasteiger partial charge in [0.15, 0.2) is 0 Å². The molecule has 0 aliphatic heterocycles. The predicted octanol–water partition coefficient (Wildman–Crippen LogP) is 5.97. The molecule has 0 aromatic heterocycles. The fourth-order valence-corrected chi connectivity index (χ4v) is 5.59. The van der Waals surface area contributed by atoms with Gasteiger partial charge in [-0.1, -0.05) is 74.0 Å². The molecule has 2 aromatic rings. The minimum Gasteiger partial charge on any atom is -0.496 e. The molecule has 1 unspecified atom stereocenters. The Labute approximate surface area is 135 Å². The zero-order chi connectivity index (χ0) is 15.4. The summed E-state index contributed by atoms with van der Waals surface area (Å²) in [6.07, 6.45) is 0. The van der Waals surface area contributed by atoms with E-state index >= 15 is 0 Å². The number of hydrogen-bond donors (Lipinski definition) is 0. The molecule has 1 aliphatic carbocycles. The largest absolute Gasteiger partial charge is 0.496 e. The van der Waals surface area contributed by atoms with Crippen molar-refractivity contribution < 1.29 is 4.74 Å². The van der Waals surface area contributed by atoms with Gasteiger partial charge < -0.3 is 4.74 Å². The van der Waals surface area contributed by atoms with Crippen LogP contribution < -0.4 is 4.74 Å². The molecule has 1 fully saturated rings. The number of benzene rings is 2. The molecule has 0 N–H and O–H groups in total. The Morgan fingerprint density at radius 1 is 0.952 bits per heavy atom. The van der Waals surface area contributed by atoms with Crippen molar-refractivity contribution >= 4 is 26.7 Å². The SMILES string of the molecule is COc1ccc(C(Br)C2C(C)(C)C2(C)C)c2ccccc12. The van der Waals surface area contributed by atoms with Gasteiger partial charge in [0.2, 0.25) is 0 Å². The third-order valence-corrected chi connectivity index (χ3v) is 6.88. The summed E-state index contributed by atoms with van der Waals surface area (Å²) in [6, 6.07) is 12.8. The van der Waals surface area contributed by atoms with E-state index in [0.717, 1.165) is 5.75 Å². The molecular formula is C19H23BrO. The summed E-state index contributed by atoms with van der Waals surface area (Å²) in [7, 11) is 1.74. The topological polar surface area (TPSA) is 9.23 Å². The van der Waals surface area contributed by atoms with Crippen LogP contribution in [0.5, 0.6) is 5.75 Å². The van der Waals surface area contributed by atoms with Gasteiger partial charge in [-0.15, -0.1) is 0 Å². The van der Waals surface area contributed by atoms with Crippen LogP contribution in [0.1, 0.15) is 38.1 Å². The smallest absolute Gasteiger partial charge is 0.126 e. The first-order valence-electron chi connectivity index (χ1n) is 7.52. The van der Waals surface area contributed by atoms with E-state index in [9.17, 15) is 0 Å². The molecule has 1 atom stereocenters. The summed E-state index contributed by atoms with van der Waals surface area (Å²) in [5.41, 5.74) is 2.10. The van der Waals surface area contributed by atoms with E-state index in [0.29, 0.717) is 21.6 Å². The maximum Gasteiger partial charge on any atom is 0.126 e. The van der Waals surface area contributed by atoms with Crippen molar-refractivity contribution in [1.29, 1.82) is 0 Å². The Bertz CT molecular complexity index is 673. The standard InChI is InChI=1S/C19H23BrO/c1-18(2)17(19(18,3)4)16(20)14-10-11-15(21-5)13-9-7-6-8-12(13)14/h6-11,16-17H,1-5H3. The van der Waals surface area contributed by atoms with E-state index in [1.165, 1.54) is 16.3 Å². The Morgan fingerprint density at radius 3 is 2.05 bits per heavy atom. The molecule has 1 saturated carbocycles. The molecule has 3 rings (SSSR count). The molecule has 0 radical (unpaired) electrons. The average molecular weight is 347 g/mol. The third kappa shape index (κ3) is 2.03. The number of ether oxygens (including phenoxy) is 1. The van der Waals surface area contributed by atoms with Gasteiger partial charge in [0.05, 0.1) is 7.11 Å². The van der Waals surface area contributed by atoms with Gasteiger partial charge in [-0.25, -0.2) is 0 Å². The summed E-state index contributed by atoms with van der Waals surface area (Å²) in [5.74, 6) is 1.59. The highest BCUT2D eigenvalue weighted by Crippen LogP contribution is 2.74. The van der Waals surface area contributed by atoms with Gasteiger partial charge in [0.1, 0.15) is 5.75 Å². The Hall–Kier alpha value is -1.02. The van der Waals surface area contributed by atoms with Gasteiger partial charge in [0, 0.05) is 10.2 Å². The maximum atomic E-state index is 5.50. The van der Waals surface area contributed by atoms with Crippen molar-refractivity contribution in [3.8, 4) is 5.75 Å². The normalized spacial score (nSPS) is 21.2. The lowest BCUT2D eigenvalue weighted by atomic mass is 9.96. The van der Waals surface area contributed by atoms with Crippen molar-refractivity contribution in [2.24, 2.45) is 16.7 Å². The Balaban J connectivity index is 2.10. The van der Waals surface area contributed by atoms with Crippen molar-refractivity contribution in [1.82, 2.24) is 0 Å². The number of rotatable bonds is 3. The van der Waals surface area contributed by atoms with E-state index in [-0.39, 0.29) is 0 Å². The zero-order valence-electron chi connectivity index (χ0n) is 13.4. The first kappa shape index (κ1) is 14.9. The van der Waals surface area contributed by atoms with Crippen molar-refractivity contribution in [2.45, 2.75) is 32.5 Å². The highest BCUT2D eigenvalue weighted by atomic mass is 79.9. The molecule has 2 aromatic carbocycles. The Kier molecular flexibility index (Phi) is 3.36. The molecular weight excluding hydrogens is 324 g/mol. The summed E-state index contributed by atoms with van der Waals surface area (Å²) < 4.78 is 5.50. The van der Waals surface area contributed by atoms with E-state index in [4.69, 9.17) is 4.74 Å². The minimum absolute atomic E-state index is 0.363. The second-order valence-electron chi connectivity index (χ2n) is 7.23. The molecule has 0 spiro atoms. The first-order chi connectivity index (χ1) is 9.82. The molecule has 0 saturated heterocycles. The van der Waals surface area contributed by atoms with Gasteiger partial charge in [-0.3, -0.25) is 0 Å². The number of alkyl halides is 1. The van der Waals surface area contributed by atoms with E-state index < -0.39 is 0 Å². The van der Waals surface area contributed by atoms with Crippen LogP contribution >= 0.6 is 15.9 Å².